The summed E-state index contributed by atoms with van der Waals surface area (Å²) >= 11 is 0. The molecule has 0 radical (unpaired) electrons. The molecule has 0 bridgehead atoms. The molecule has 0 saturated heterocycles. The molecular formula is C17H33N2O+. The van der Waals surface area contributed by atoms with Gasteiger partial charge in [-0.15, -0.1) is 5.43 Å². The molecule has 1 rings (SSSR count). The average molecular weight is 281 g/mol. The van der Waals surface area contributed by atoms with Crippen LogP contribution in [0.5, 0.6) is 0 Å². The molecule has 116 valence electrons. The second-order valence-corrected chi connectivity index (χ2v) is 8.11. The molecule has 0 aromatic carbocycles. The van der Waals surface area contributed by atoms with E-state index >= 15 is 0 Å². The van der Waals surface area contributed by atoms with E-state index in [9.17, 15) is 4.91 Å². The summed E-state index contributed by atoms with van der Waals surface area (Å²) < 4.78 is 0. The van der Waals surface area contributed by atoms with Crippen molar-refractivity contribution in [3.8, 4) is 0 Å². The maximum absolute atomic E-state index is 12.4. The van der Waals surface area contributed by atoms with Gasteiger partial charge in [0.05, 0.1) is 11.1 Å². The first-order valence-corrected chi connectivity index (χ1v) is 7.97. The van der Waals surface area contributed by atoms with Gasteiger partial charge in [-0.3, -0.25) is 0 Å². The Bertz CT molecular complexity index is 380. The largest absolute Gasteiger partial charge is 0.242 e. The standard InChI is InChI=1S/C17H33N2O/c1-8-9-10-11-15(2,3)14-16(4,5)12-13-18-19(20)17(14,6)7/h12-14H,8-11H2,1-7H3,(H,18,20)/q+1. The fraction of sp³-hybridized carbons (Fsp3) is 0.882. The molecule has 3 heteroatoms. The number of nitroso groups, excluding NO2 is 1. The maximum Gasteiger partial charge on any atom is 0.242 e. The van der Waals surface area contributed by atoms with Crippen molar-refractivity contribution in [3.63, 3.8) is 0 Å². The molecule has 1 atom stereocenters. The molecule has 1 aliphatic rings. The monoisotopic (exact) mass is 281 g/mol. The minimum atomic E-state index is -0.442. The Morgan fingerprint density at radius 1 is 1.20 bits per heavy atom. The lowest BCUT2D eigenvalue weighted by Gasteiger charge is -2.46. The third kappa shape index (κ3) is 3.42. The first-order valence-electron chi connectivity index (χ1n) is 7.97. The molecule has 20 heavy (non-hydrogen) atoms. The van der Waals surface area contributed by atoms with Crippen molar-refractivity contribution in [2.45, 2.75) is 79.7 Å². The molecule has 0 amide bonds. The van der Waals surface area contributed by atoms with Crippen LogP contribution in [-0.2, 0) is 0 Å². The molecule has 3 nitrogen and oxygen atoms in total. The molecular weight excluding hydrogens is 248 g/mol. The summed E-state index contributed by atoms with van der Waals surface area (Å²) in [6.07, 6.45) is 8.87. The van der Waals surface area contributed by atoms with Crippen molar-refractivity contribution >= 4 is 0 Å². The van der Waals surface area contributed by atoms with Crippen LogP contribution < -0.4 is 5.43 Å². The number of nitrogens with zero attached hydrogens (tertiary/aromatic N) is 1. The van der Waals surface area contributed by atoms with Gasteiger partial charge in [-0.2, -0.15) is 0 Å². The molecule has 0 aromatic rings. The van der Waals surface area contributed by atoms with Crippen LogP contribution in [0.2, 0.25) is 0 Å². The van der Waals surface area contributed by atoms with Crippen molar-refractivity contribution in [1.29, 1.82) is 0 Å². The van der Waals surface area contributed by atoms with Crippen LogP contribution in [0.1, 0.15) is 74.1 Å². The average Bonchev–Trinajstić information content (AvgIpc) is 2.34. The summed E-state index contributed by atoms with van der Waals surface area (Å²) in [6.45, 7) is 15.5. The van der Waals surface area contributed by atoms with Crippen molar-refractivity contribution in [3.05, 3.63) is 17.2 Å². The predicted octanol–water partition coefficient (Wildman–Crippen LogP) is 4.82. The summed E-state index contributed by atoms with van der Waals surface area (Å²) in [7, 11) is 0. The second-order valence-electron chi connectivity index (χ2n) is 8.11. The summed E-state index contributed by atoms with van der Waals surface area (Å²) in [5.74, 6) is 0.281. The van der Waals surface area contributed by atoms with E-state index in [2.05, 4.69) is 60.0 Å². The van der Waals surface area contributed by atoms with Gasteiger partial charge in [0.1, 0.15) is 4.87 Å². The number of hydrogen-bond donors (Lipinski definition) is 1. The van der Waals surface area contributed by atoms with Crippen LogP contribution in [0.3, 0.4) is 0 Å². The van der Waals surface area contributed by atoms with Crippen molar-refractivity contribution in [1.82, 2.24) is 5.43 Å². The van der Waals surface area contributed by atoms with Crippen molar-refractivity contribution in [2.75, 3.05) is 0 Å². The minimum Gasteiger partial charge on any atom is -0.128 e. The highest BCUT2D eigenvalue weighted by Gasteiger charge is 2.57. The Morgan fingerprint density at radius 2 is 1.80 bits per heavy atom. The summed E-state index contributed by atoms with van der Waals surface area (Å²) in [4.78, 5) is 13.4. The fourth-order valence-corrected chi connectivity index (χ4v) is 4.55. The van der Waals surface area contributed by atoms with E-state index in [4.69, 9.17) is 0 Å². The molecule has 0 saturated carbocycles. The molecule has 1 heterocycles. The maximum atomic E-state index is 12.4. The number of hydrazine groups is 1. The molecule has 1 N–H and O–H groups in total. The van der Waals surface area contributed by atoms with E-state index in [1.54, 1.807) is 6.20 Å². The van der Waals surface area contributed by atoms with Crippen LogP contribution >= 0.6 is 0 Å². The van der Waals surface area contributed by atoms with Crippen LogP contribution in [0.15, 0.2) is 12.3 Å². The first-order chi connectivity index (χ1) is 9.05. The van der Waals surface area contributed by atoms with Gasteiger partial charge in [-0.1, -0.05) is 60.0 Å². The zero-order valence-corrected chi connectivity index (χ0v) is 14.4. The normalized spacial score (nSPS) is 25.1. The van der Waals surface area contributed by atoms with Gasteiger partial charge in [-0.25, -0.2) is 0 Å². The third-order valence-corrected chi connectivity index (χ3v) is 4.88. The van der Waals surface area contributed by atoms with Crippen LogP contribution in [0.4, 0.5) is 0 Å². The number of nitrogens with one attached hydrogen (secondary N) is 1. The van der Waals surface area contributed by atoms with E-state index in [-0.39, 0.29) is 16.7 Å². The fourth-order valence-electron chi connectivity index (χ4n) is 4.55. The number of hydrogen-bond acceptors (Lipinski definition) is 1. The highest BCUT2D eigenvalue weighted by Crippen LogP contribution is 2.51. The third-order valence-electron chi connectivity index (χ3n) is 4.88. The SMILES string of the molecule is CCCCCC(C)(C)C1C(C)(C)C=CN[N+](=O)C1(C)C. The number of unbranched alkanes of at least 4 members (excludes halogenated alkanes) is 2. The van der Waals surface area contributed by atoms with Gasteiger partial charge in [0.2, 0.25) is 5.54 Å². The lowest BCUT2D eigenvalue weighted by Crippen LogP contribution is -2.55. The first kappa shape index (κ1) is 17.2. The van der Waals surface area contributed by atoms with E-state index in [0.29, 0.717) is 0 Å². The van der Waals surface area contributed by atoms with Crippen molar-refractivity contribution < 1.29 is 4.87 Å². The van der Waals surface area contributed by atoms with E-state index in [0.717, 1.165) is 4.87 Å². The van der Waals surface area contributed by atoms with Gasteiger partial charge < -0.3 is 0 Å². The highest BCUT2D eigenvalue weighted by molar-refractivity contribution is 5.07. The molecule has 0 aromatic heterocycles. The van der Waals surface area contributed by atoms with Gasteiger partial charge in [0, 0.05) is 19.8 Å². The van der Waals surface area contributed by atoms with E-state index in [1.807, 2.05) is 0 Å². The zero-order chi connectivity index (χ0) is 15.6. The van der Waals surface area contributed by atoms with Crippen molar-refractivity contribution in [2.24, 2.45) is 16.7 Å². The summed E-state index contributed by atoms with van der Waals surface area (Å²) in [5.41, 5.74) is 2.53. The Labute approximate surface area is 124 Å². The van der Waals surface area contributed by atoms with Gasteiger partial charge >= 0.3 is 0 Å². The number of rotatable bonds is 5. The molecule has 0 spiro atoms. The lowest BCUT2D eigenvalue weighted by molar-refractivity contribution is -0.675. The van der Waals surface area contributed by atoms with Crippen LogP contribution in [-0.4, -0.2) is 10.4 Å². The van der Waals surface area contributed by atoms with Crippen LogP contribution in [0.25, 0.3) is 0 Å². The van der Waals surface area contributed by atoms with Gasteiger partial charge in [0.15, 0.2) is 0 Å². The van der Waals surface area contributed by atoms with E-state index < -0.39 is 5.54 Å². The number of allylic oxidation sites excluding steroid dienone is 1. The van der Waals surface area contributed by atoms with Gasteiger partial charge in [0.25, 0.3) is 0 Å². The molecule has 1 unspecified atom stereocenters. The second kappa shape index (κ2) is 5.87. The zero-order valence-electron chi connectivity index (χ0n) is 14.4. The Balaban J connectivity index is 3.12. The Morgan fingerprint density at radius 3 is 2.35 bits per heavy atom. The topological polar surface area (TPSA) is 32.1 Å². The smallest absolute Gasteiger partial charge is 0.128 e. The van der Waals surface area contributed by atoms with Gasteiger partial charge in [-0.05, 0) is 17.3 Å². The molecule has 0 fully saturated rings. The summed E-state index contributed by atoms with van der Waals surface area (Å²) in [5, 5.41) is 0. The quantitative estimate of drug-likeness (QED) is 0.578. The highest BCUT2D eigenvalue weighted by atomic mass is 16.3. The Hall–Kier alpha value is -0.860. The molecule has 0 aliphatic carbocycles. The Kier molecular flexibility index (Phi) is 5.04. The molecule has 1 aliphatic heterocycles. The van der Waals surface area contributed by atoms with E-state index in [1.165, 1.54) is 25.7 Å². The van der Waals surface area contributed by atoms with Crippen LogP contribution in [0, 0.1) is 21.7 Å². The minimum absolute atomic E-state index is 0.00856. The predicted molar refractivity (Wildman–Crippen MR) is 85.2 cm³/mol. The summed E-state index contributed by atoms with van der Waals surface area (Å²) in [6, 6.07) is 0. The lowest BCUT2D eigenvalue weighted by atomic mass is 9.56.